The van der Waals surface area contributed by atoms with E-state index in [-0.39, 0.29) is 0 Å². The van der Waals surface area contributed by atoms with Gasteiger partial charge in [-0.15, -0.1) is 0 Å². The maximum Gasteiger partial charge on any atom is 0.155 e. The summed E-state index contributed by atoms with van der Waals surface area (Å²) in [6.07, 6.45) is 3.77. The molecule has 0 bridgehead atoms. The number of halogens is 1. The summed E-state index contributed by atoms with van der Waals surface area (Å²) in [4.78, 5) is 4.61. The SMILES string of the molecule is Clc1ccc2nc(-c3cc4c(ccc5ccccc54)o3)cn2c1. The number of hydrogen-bond acceptors (Lipinski definition) is 2. The van der Waals surface area contributed by atoms with E-state index in [0.29, 0.717) is 5.02 Å². The first-order valence-electron chi connectivity index (χ1n) is 7.34. The molecule has 0 unspecified atom stereocenters. The first-order chi connectivity index (χ1) is 11.3. The van der Waals surface area contributed by atoms with Gasteiger partial charge in [-0.05, 0) is 35.0 Å². The molecule has 23 heavy (non-hydrogen) atoms. The Hall–Kier alpha value is -2.78. The first kappa shape index (κ1) is 12.7. The molecule has 2 aromatic carbocycles. The largest absolute Gasteiger partial charge is 0.454 e. The quantitative estimate of drug-likeness (QED) is 0.405. The van der Waals surface area contributed by atoms with Crippen LogP contribution < -0.4 is 0 Å². The van der Waals surface area contributed by atoms with Gasteiger partial charge in [-0.3, -0.25) is 0 Å². The minimum atomic E-state index is 0.678. The van der Waals surface area contributed by atoms with Crippen molar-refractivity contribution in [3.63, 3.8) is 0 Å². The fourth-order valence-corrected chi connectivity index (χ4v) is 3.17. The highest BCUT2D eigenvalue weighted by Crippen LogP contribution is 2.32. The van der Waals surface area contributed by atoms with Gasteiger partial charge in [0.05, 0.1) is 5.02 Å². The van der Waals surface area contributed by atoms with Crippen LogP contribution in [0.4, 0.5) is 0 Å². The fraction of sp³-hybridized carbons (Fsp3) is 0. The van der Waals surface area contributed by atoms with Crippen molar-refractivity contribution in [2.45, 2.75) is 0 Å². The highest BCUT2D eigenvalue weighted by atomic mass is 35.5. The average molecular weight is 319 g/mol. The summed E-state index contributed by atoms with van der Waals surface area (Å²) >= 11 is 6.03. The minimum absolute atomic E-state index is 0.678. The number of aromatic nitrogens is 2. The molecule has 3 aromatic heterocycles. The Morgan fingerprint density at radius 2 is 1.83 bits per heavy atom. The summed E-state index contributed by atoms with van der Waals surface area (Å²) in [5, 5.41) is 4.17. The molecule has 0 saturated heterocycles. The van der Waals surface area contributed by atoms with Crippen LogP contribution in [0.5, 0.6) is 0 Å². The number of pyridine rings is 1. The third-order valence-electron chi connectivity index (χ3n) is 4.09. The summed E-state index contributed by atoms with van der Waals surface area (Å²) in [6.45, 7) is 0. The molecule has 3 heterocycles. The zero-order valence-electron chi connectivity index (χ0n) is 12.0. The molecule has 0 fully saturated rings. The molecule has 4 heteroatoms. The van der Waals surface area contributed by atoms with E-state index in [1.165, 1.54) is 10.8 Å². The van der Waals surface area contributed by atoms with Crippen LogP contribution in [0.1, 0.15) is 0 Å². The van der Waals surface area contributed by atoms with E-state index in [1.807, 2.05) is 47.1 Å². The van der Waals surface area contributed by atoms with E-state index in [9.17, 15) is 0 Å². The lowest BCUT2D eigenvalue weighted by molar-refractivity contribution is 0.629. The van der Waals surface area contributed by atoms with Crippen LogP contribution >= 0.6 is 11.6 Å². The predicted molar refractivity (Wildman–Crippen MR) is 92.9 cm³/mol. The molecule has 0 saturated carbocycles. The molecule has 0 amide bonds. The van der Waals surface area contributed by atoms with Crippen molar-refractivity contribution in [3.05, 3.63) is 72.0 Å². The summed E-state index contributed by atoms with van der Waals surface area (Å²) in [5.41, 5.74) is 2.51. The number of fused-ring (bicyclic) bond motifs is 4. The van der Waals surface area contributed by atoms with Crippen LogP contribution in [-0.4, -0.2) is 9.38 Å². The zero-order chi connectivity index (χ0) is 15.4. The number of furan rings is 1. The van der Waals surface area contributed by atoms with Crippen molar-refractivity contribution < 1.29 is 4.42 Å². The third-order valence-corrected chi connectivity index (χ3v) is 4.32. The predicted octanol–water partition coefficient (Wildman–Crippen LogP) is 5.55. The third kappa shape index (κ3) is 1.94. The topological polar surface area (TPSA) is 30.4 Å². The van der Waals surface area contributed by atoms with Crippen molar-refractivity contribution in [1.29, 1.82) is 0 Å². The lowest BCUT2D eigenvalue weighted by Gasteiger charge is -1.96. The molecule has 5 rings (SSSR count). The van der Waals surface area contributed by atoms with Crippen LogP contribution in [0, 0.1) is 0 Å². The molecule has 110 valence electrons. The van der Waals surface area contributed by atoms with Crippen molar-refractivity contribution in [1.82, 2.24) is 9.38 Å². The van der Waals surface area contributed by atoms with Gasteiger partial charge in [0.2, 0.25) is 0 Å². The molecule has 3 nitrogen and oxygen atoms in total. The number of rotatable bonds is 1. The Labute approximate surface area is 136 Å². The molecule has 5 aromatic rings. The molecular formula is C19H11ClN2O. The second-order valence-corrected chi connectivity index (χ2v) is 5.98. The Morgan fingerprint density at radius 3 is 2.78 bits per heavy atom. The summed E-state index contributed by atoms with van der Waals surface area (Å²) in [6, 6.07) is 18.2. The molecule has 0 aliphatic carbocycles. The van der Waals surface area contributed by atoms with Crippen molar-refractivity contribution in [3.8, 4) is 11.5 Å². The molecule has 0 aliphatic rings. The molecule has 0 spiro atoms. The highest BCUT2D eigenvalue weighted by molar-refractivity contribution is 6.30. The molecule has 0 N–H and O–H groups in total. The number of hydrogen-bond donors (Lipinski definition) is 0. The summed E-state index contributed by atoms with van der Waals surface area (Å²) < 4.78 is 7.92. The van der Waals surface area contributed by atoms with Gasteiger partial charge in [0.25, 0.3) is 0 Å². The van der Waals surface area contributed by atoms with Gasteiger partial charge in [0.1, 0.15) is 16.9 Å². The van der Waals surface area contributed by atoms with Crippen LogP contribution in [-0.2, 0) is 0 Å². The van der Waals surface area contributed by atoms with Crippen molar-refractivity contribution >= 4 is 39.0 Å². The van der Waals surface area contributed by atoms with Gasteiger partial charge in [0, 0.05) is 17.8 Å². The van der Waals surface area contributed by atoms with Gasteiger partial charge in [-0.2, -0.15) is 0 Å². The van der Waals surface area contributed by atoms with E-state index < -0.39 is 0 Å². The van der Waals surface area contributed by atoms with Crippen LogP contribution in [0.3, 0.4) is 0 Å². The maximum atomic E-state index is 6.03. The molecule has 0 aliphatic heterocycles. The van der Waals surface area contributed by atoms with Crippen LogP contribution in [0.2, 0.25) is 5.02 Å². The number of imidazole rings is 1. The normalized spacial score (nSPS) is 11.7. The van der Waals surface area contributed by atoms with Crippen molar-refractivity contribution in [2.75, 3.05) is 0 Å². The first-order valence-corrected chi connectivity index (χ1v) is 7.72. The summed E-state index contributed by atoms with van der Waals surface area (Å²) in [7, 11) is 0. The molecule has 0 atom stereocenters. The van der Waals surface area contributed by atoms with E-state index in [0.717, 1.165) is 28.1 Å². The second-order valence-electron chi connectivity index (χ2n) is 5.55. The van der Waals surface area contributed by atoms with Crippen LogP contribution in [0.25, 0.3) is 38.8 Å². The van der Waals surface area contributed by atoms with Gasteiger partial charge in [-0.25, -0.2) is 4.98 Å². The monoisotopic (exact) mass is 318 g/mol. The van der Waals surface area contributed by atoms with E-state index in [4.69, 9.17) is 16.0 Å². The van der Waals surface area contributed by atoms with E-state index in [1.54, 1.807) is 0 Å². The van der Waals surface area contributed by atoms with Crippen LogP contribution in [0.15, 0.2) is 71.4 Å². The maximum absolute atomic E-state index is 6.03. The highest BCUT2D eigenvalue weighted by Gasteiger charge is 2.12. The lowest BCUT2D eigenvalue weighted by Crippen LogP contribution is -1.79. The molecule has 0 radical (unpaired) electrons. The van der Waals surface area contributed by atoms with Gasteiger partial charge in [0.15, 0.2) is 5.76 Å². The van der Waals surface area contributed by atoms with Crippen molar-refractivity contribution in [2.24, 2.45) is 0 Å². The smallest absolute Gasteiger partial charge is 0.155 e. The second kappa shape index (κ2) is 4.61. The van der Waals surface area contributed by atoms with Gasteiger partial charge in [-0.1, -0.05) is 41.9 Å². The molecular weight excluding hydrogens is 308 g/mol. The Morgan fingerprint density at radius 1 is 0.913 bits per heavy atom. The van der Waals surface area contributed by atoms with Gasteiger partial charge < -0.3 is 8.82 Å². The number of nitrogens with zero attached hydrogens (tertiary/aromatic N) is 2. The fourth-order valence-electron chi connectivity index (χ4n) is 3.00. The van der Waals surface area contributed by atoms with E-state index >= 15 is 0 Å². The minimum Gasteiger partial charge on any atom is -0.454 e. The Balaban J connectivity index is 1.76. The zero-order valence-corrected chi connectivity index (χ0v) is 12.8. The summed E-state index contributed by atoms with van der Waals surface area (Å²) in [5.74, 6) is 0.760. The Kier molecular flexibility index (Phi) is 2.55. The standard InChI is InChI=1S/C19H11ClN2O/c20-13-6-8-19-21-16(11-22(19)10-13)18-9-15-14-4-2-1-3-12(14)5-7-17(15)23-18/h1-11H. The number of benzene rings is 2. The van der Waals surface area contributed by atoms with E-state index in [2.05, 4.69) is 29.2 Å². The lowest BCUT2D eigenvalue weighted by atomic mass is 10.1. The Bertz CT molecular complexity index is 1190. The average Bonchev–Trinajstić information content (AvgIpc) is 3.18. The van der Waals surface area contributed by atoms with Gasteiger partial charge >= 0.3 is 0 Å².